The fraction of sp³-hybridized carbons (Fsp3) is 0.238. The van der Waals surface area contributed by atoms with E-state index in [4.69, 9.17) is 0 Å². The minimum atomic E-state index is 0.982. The van der Waals surface area contributed by atoms with Crippen LogP contribution in [0.3, 0.4) is 0 Å². The number of aromatic nitrogens is 2. The van der Waals surface area contributed by atoms with Gasteiger partial charge < -0.3 is 0 Å². The summed E-state index contributed by atoms with van der Waals surface area (Å²) in [7, 11) is 2.13. The first kappa shape index (κ1) is 14.1. The first-order valence-electron chi connectivity index (χ1n) is 8.09. The van der Waals surface area contributed by atoms with Gasteiger partial charge in [0.15, 0.2) is 6.20 Å². The number of nitrogens with zero attached hydrogens (tertiary/aromatic N) is 2. The second-order valence-corrected chi connectivity index (χ2v) is 6.65. The molecule has 0 atom stereocenters. The summed E-state index contributed by atoms with van der Waals surface area (Å²) in [6.07, 6.45) is 5.10. The van der Waals surface area contributed by atoms with E-state index < -0.39 is 0 Å². The van der Waals surface area contributed by atoms with Gasteiger partial charge in [-0.1, -0.05) is 17.7 Å². The Balaban J connectivity index is 1.93. The van der Waals surface area contributed by atoms with E-state index in [-0.39, 0.29) is 0 Å². The number of pyridine rings is 2. The number of benzene rings is 1. The average molecular weight is 301 g/mol. The minimum absolute atomic E-state index is 0.982. The van der Waals surface area contributed by atoms with Crippen LogP contribution in [0, 0.1) is 20.8 Å². The monoisotopic (exact) mass is 301 g/mol. The molecule has 2 nitrogen and oxygen atoms in total. The van der Waals surface area contributed by atoms with Crippen LogP contribution in [0.5, 0.6) is 0 Å². The van der Waals surface area contributed by atoms with Crippen LogP contribution in [-0.2, 0) is 13.5 Å². The second kappa shape index (κ2) is 5.02. The Labute approximate surface area is 137 Å². The molecule has 0 amide bonds. The maximum Gasteiger partial charge on any atom is 0.212 e. The van der Waals surface area contributed by atoms with Gasteiger partial charge >= 0.3 is 0 Å². The summed E-state index contributed by atoms with van der Waals surface area (Å²) in [5, 5.41) is 0. The average Bonchev–Trinajstić information content (AvgIpc) is 2.88. The van der Waals surface area contributed by atoms with Crippen LogP contribution < -0.4 is 4.57 Å². The Kier molecular flexibility index (Phi) is 3.08. The quantitative estimate of drug-likeness (QED) is 0.484. The lowest BCUT2D eigenvalue weighted by atomic mass is 9.96. The van der Waals surface area contributed by atoms with Gasteiger partial charge in [-0.2, -0.15) is 0 Å². The highest BCUT2D eigenvalue weighted by molar-refractivity contribution is 5.75. The van der Waals surface area contributed by atoms with Crippen molar-refractivity contribution in [1.29, 1.82) is 0 Å². The van der Waals surface area contributed by atoms with E-state index in [0.717, 1.165) is 12.1 Å². The Morgan fingerprint density at radius 1 is 1.00 bits per heavy atom. The van der Waals surface area contributed by atoms with Crippen LogP contribution in [0.1, 0.15) is 27.8 Å². The Hall–Kier alpha value is -2.48. The fourth-order valence-corrected chi connectivity index (χ4v) is 3.65. The van der Waals surface area contributed by atoms with Crippen molar-refractivity contribution in [3.8, 4) is 22.5 Å². The first-order valence-corrected chi connectivity index (χ1v) is 8.09. The van der Waals surface area contributed by atoms with Crippen LogP contribution in [0.15, 0.2) is 42.7 Å². The van der Waals surface area contributed by atoms with Crippen molar-refractivity contribution in [2.75, 3.05) is 0 Å². The van der Waals surface area contributed by atoms with Crippen LogP contribution in [0.2, 0.25) is 0 Å². The van der Waals surface area contributed by atoms with E-state index in [1.807, 2.05) is 12.3 Å². The summed E-state index contributed by atoms with van der Waals surface area (Å²) >= 11 is 0. The molecule has 0 radical (unpaired) electrons. The number of fused-ring (bicyclic) bond motifs is 3. The molecule has 0 N–H and O–H groups in total. The number of hydrogen-bond acceptors (Lipinski definition) is 1. The standard InChI is InChI=1S/C21H21N2/c1-13-8-14(2)15(3)18(9-13)20-11-17-10-16-6-5-7-22-21(16)19(17)12-23(20)4/h5-9,11-12H,10H2,1-4H3/q+1. The SMILES string of the molecule is Cc1cc(C)c(C)c(-c2cc3c(c[n+]2C)-c2ncccc2C3)c1. The Morgan fingerprint density at radius 3 is 2.65 bits per heavy atom. The maximum absolute atomic E-state index is 4.58. The topological polar surface area (TPSA) is 16.8 Å². The molecule has 2 aromatic heterocycles. The molecule has 1 aliphatic rings. The van der Waals surface area contributed by atoms with Gasteiger partial charge in [-0.05, 0) is 55.2 Å². The molecular weight excluding hydrogens is 280 g/mol. The van der Waals surface area contributed by atoms with Crippen molar-refractivity contribution in [3.63, 3.8) is 0 Å². The smallest absolute Gasteiger partial charge is 0.212 e. The third-order valence-corrected chi connectivity index (χ3v) is 4.97. The molecule has 3 aromatic rings. The predicted molar refractivity (Wildman–Crippen MR) is 93.3 cm³/mol. The zero-order valence-corrected chi connectivity index (χ0v) is 14.1. The number of hydrogen-bond donors (Lipinski definition) is 0. The normalized spacial score (nSPS) is 12.2. The Morgan fingerprint density at radius 2 is 1.83 bits per heavy atom. The molecule has 0 fully saturated rings. The lowest BCUT2D eigenvalue weighted by Gasteiger charge is -2.10. The lowest BCUT2D eigenvalue weighted by Crippen LogP contribution is -2.31. The van der Waals surface area contributed by atoms with Gasteiger partial charge in [-0.3, -0.25) is 4.98 Å². The van der Waals surface area contributed by atoms with E-state index in [1.54, 1.807) is 0 Å². The van der Waals surface area contributed by atoms with Gasteiger partial charge in [-0.15, -0.1) is 0 Å². The van der Waals surface area contributed by atoms with E-state index in [1.165, 1.54) is 44.6 Å². The third kappa shape index (κ3) is 2.17. The molecule has 23 heavy (non-hydrogen) atoms. The van der Waals surface area contributed by atoms with Crippen molar-refractivity contribution in [2.24, 2.45) is 7.05 Å². The van der Waals surface area contributed by atoms with Crippen molar-refractivity contribution >= 4 is 0 Å². The highest BCUT2D eigenvalue weighted by Gasteiger charge is 2.25. The van der Waals surface area contributed by atoms with Gasteiger partial charge in [0.05, 0.1) is 11.3 Å². The Bertz CT molecular complexity index is 939. The molecule has 0 aliphatic heterocycles. The zero-order valence-electron chi connectivity index (χ0n) is 14.1. The fourth-order valence-electron chi connectivity index (χ4n) is 3.65. The molecule has 0 bridgehead atoms. The molecule has 1 aliphatic carbocycles. The summed E-state index contributed by atoms with van der Waals surface area (Å²) in [4.78, 5) is 4.58. The minimum Gasteiger partial charge on any atom is -0.256 e. The van der Waals surface area contributed by atoms with E-state index in [0.29, 0.717) is 0 Å². The highest BCUT2D eigenvalue weighted by atomic mass is 14.9. The summed E-state index contributed by atoms with van der Waals surface area (Å²) in [6.45, 7) is 6.58. The molecule has 0 saturated carbocycles. The summed E-state index contributed by atoms with van der Waals surface area (Å²) in [5.74, 6) is 0. The largest absolute Gasteiger partial charge is 0.256 e. The summed E-state index contributed by atoms with van der Waals surface area (Å²) < 4.78 is 2.24. The molecule has 0 saturated heterocycles. The summed E-state index contributed by atoms with van der Waals surface area (Å²) in [6, 6.07) is 11.1. The van der Waals surface area contributed by atoms with Crippen molar-refractivity contribution < 1.29 is 4.57 Å². The van der Waals surface area contributed by atoms with E-state index >= 15 is 0 Å². The molecule has 0 spiro atoms. The van der Waals surface area contributed by atoms with E-state index in [2.05, 4.69) is 67.8 Å². The zero-order chi connectivity index (χ0) is 16.1. The van der Waals surface area contributed by atoms with Crippen LogP contribution in [-0.4, -0.2) is 4.98 Å². The third-order valence-electron chi connectivity index (χ3n) is 4.97. The van der Waals surface area contributed by atoms with Crippen molar-refractivity contribution in [1.82, 2.24) is 4.98 Å². The predicted octanol–water partition coefficient (Wildman–Crippen LogP) is 4.07. The lowest BCUT2D eigenvalue weighted by molar-refractivity contribution is -0.660. The number of rotatable bonds is 1. The molecule has 2 heteroatoms. The maximum atomic E-state index is 4.58. The highest BCUT2D eigenvalue weighted by Crippen LogP contribution is 2.36. The molecular formula is C21H21N2+. The molecule has 2 heterocycles. The first-order chi connectivity index (χ1) is 11.0. The van der Waals surface area contributed by atoms with Gasteiger partial charge in [-0.25, -0.2) is 4.57 Å². The van der Waals surface area contributed by atoms with Crippen molar-refractivity contribution in [2.45, 2.75) is 27.2 Å². The molecule has 0 unspecified atom stereocenters. The van der Waals surface area contributed by atoms with Crippen molar-refractivity contribution in [3.05, 3.63) is 70.5 Å². The molecule has 114 valence electrons. The van der Waals surface area contributed by atoms with Crippen LogP contribution in [0.25, 0.3) is 22.5 Å². The van der Waals surface area contributed by atoms with Gasteiger partial charge in [0.25, 0.3) is 0 Å². The van der Waals surface area contributed by atoms with Gasteiger partial charge in [0.2, 0.25) is 5.69 Å². The van der Waals surface area contributed by atoms with Crippen LogP contribution >= 0.6 is 0 Å². The second-order valence-electron chi connectivity index (χ2n) is 6.65. The molecule has 1 aromatic carbocycles. The number of aryl methyl sites for hydroxylation is 3. The van der Waals surface area contributed by atoms with Gasteiger partial charge in [0, 0.05) is 24.2 Å². The van der Waals surface area contributed by atoms with Gasteiger partial charge in [0.1, 0.15) is 7.05 Å². The molecule has 4 rings (SSSR count). The van der Waals surface area contributed by atoms with E-state index in [9.17, 15) is 0 Å². The summed E-state index contributed by atoms with van der Waals surface area (Å²) in [5.41, 5.74) is 11.8. The van der Waals surface area contributed by atoms with Crippen LogP contribution in [0.4, 0.5) is 0 Å².